The molecule has 1 aromatic rings. The third-order valence-electron chi connectivity index (χ3n) is 2.95. The molecule has 0 saturated heterocycles. The third kappa shape index (κ3) is 1.05. The number of hydrogen-bond donors (Lipinski definition) is 2. The van der Waals surface area contributed by atoms with Crippen LogP contribution in [0.3, 0.4) is 0 Å². The molecule has 0 radical (unpaired) electrons. The van der Waals surface area contributed by atoms with Crippen LogP contribution in [0.15, 0.2) is 12.3 Å². The third-order valence-corrected chi connectivity index (χ3v) is 2.95. The van der Waals surface area contributed by atoms with E-state index in [9.17, 15) is 4.79 Å². The molecule has 2 rings (SSSR count). The van der Waals surface area contributed by atoms with Crippen molar-refractivity contribution in [2.75, 3.05) is 0 Å². The van der Waals surface area contributed by atoms with Gasteiger partial charge in [0.1, 0.15) is 0 Å². The first-order valence-electron chi connectivity index (χ1n) is 4.27. The maximum absolute atomic E-state index is 10.8. The van der Waals surface area contributed by atoms with Crippen molar-refractivity contribution >= 4 is 5.97 Å². The number of aromatic amines is 1. The molecule has 13 heavy (non-hydrogen) atoms. The van der Waals surface area contributed by atoms with E-state index in [1.165, 1.54) is 0 Å². The molecule has 0 bridgehead atoms. The SMILES string of the molecule is CC1(C)C(C(=O)O)C1c1ccn[nH]1. The molecule has 0 spiro atoms. The molecule has 1 heterocycles. The predicted molar refractivity (Wildman–Crippen MR) is 46.2 cm³/mol. The number of carboxylic acids is 1. The van der Waals surface area contributed by atoms with Gasteiger partial charge in [0.2, 0.25) is 0 Å². The van der Waals surface area contributed by atoms with Gasteiger partial charge in [0.15, 0.2) is 0 Å². The zero-order valence-corrected chi connectivity index (χ0v) is 7.61. The molecule has 0 aromatic carbocycles. The van der Waals surface area contributed by atoms with Gasteiger partial charge in [-0.05, 0) is 11.5 Å². The van der Waals surface area contributed by atoms with Crippen LogP contribution >= 0.6 is 0 Å². The smallest absolute Gasteiger partial charge is 0.307 e. The molecule has 4 heteroatoms. The molecule has 1 saturated carbocycles. The van der Waals surface area contributed by atoms with Crippen molar-refractivity contribution < 1.29 is 9.90 Å². The second-order valence-corrected chi connectivity index (χ2v) is 4.13. The lowest BCUT2D eigenvalue weighted by Gasteiger charge is -1.97. The lowest BCUT2D eigenvalue weighted by molar-refractivity contribution is -0.139. The highest BCUT2D eigenvalue weighted by Gasteiger charge is 2.63. The summed E-state index contributed by atoms with van der Waals surface area (Å²) >= 11 is 0. The normalized spacial score (nSPS) is 30.0. The van der Waals surface area contributed by atoms with E-state index in [1.54, 1.807) is 6.20 Å². The van der Waals surface area contributed by atoms with Gasteiger partial charge < -0.3 is 5.11 Å². The van der Waals surface area contributed by atoms with Crippen LogP contribution < -0.4 is 0 Å². The highest BCUT2D eigenvalue weighted by atomic mass is 16.4. The van der Waals surface area contributed by atoms with E-state index in [4.69, 9.17) is 5.11 Å². The number of aliphatic carboxylic acids is 1. The summed E-state index contributed by atoms with van der Waals surface area (Å²) in [6.07, 6.45) is 1.66. The summed E-state index contributed by atoms with van der Waals surface area (Å²) in [6.45, 7) is 3.94. The Bertz CT molecular complexity index is 329. The van der Waals surface area contributed by atoms with Crippen molar-refractivity contribution in [1.29, 1.82) is 0 Å². The monoisotopic (exact) mass is 180 g/mol. The first kappa shape index (κ1) is 8.29. The molecule has 2 atom stereocenters. The van der Waals surface area contributed by atoms with Crippen LogP contribution in [0.4, 0.5) is 0 Å². The van der Waals surface area contributed by atoms with E-state index in [0.717, 1.165) is 5.69 Å². The zero-order chi connectivity index (χ0) is 9.64. The number of aromatic nitrogens is 2. The summed E-state index contributed by atoms with van der Waals surface area (Å²) in [5.41, 5.74) is 0.788. The topological polar surface area (TPSA) is 66.0 Å². The van der Waals surface area contributed by atoms with Crippen LogP contribution in [0.2, 0.25) is 0 Å². The molecule has 0 amide bonds. The fourth-order valence-electron chi connectivity index (χ4n) is 2.12. The van der Waals surface area contributed by atoms with Crippen molar-refractivity contribution in [1.82, 2.24) is 10.2 Å². The molecule has 1 aliphatic rings. The number of carboxylic acid groups (broad SMARTS) is 1. The molecule has 4 nitrogen and oxygen atoms in total. The fourth-order valence-corrected chi connectivity index (χ4v) is 2.12. The first-order valence-corrected chi connectivity index (χ1v) is 4.27. The molecule has 2 unspecified atom stereocenters. The average molecular weight is 180 g/mol. The maximum atomic E-state index is 10.8. The van der Waals surface area contributed by atoms with Gasteiger partial charge in [0.25, 0.3) is 0 Å². The maximum Gasteiger partial charge on any atom is 0.307 e. The molecule has 1 aliphatic carbocycles. The Labute approximate surface area is 76.0 Å². The Morgan fingerprint density at radius 1 is 1.69 bits per heavy atom. The van der Waals surface area contributed by atoms with Crippen LogP contribution in [0.25, 0.3) is 0 Å². The number of hydrogen-bond acceptors (Lipinski definition) is 2. The van der Waals surface area contributed by atoms with Crippen LogP contribution in [0.5, 0.6) is 0 Å². The van der Waals surface area contributed by atoms with Crippen molar-refractivity contribution in [3.8, 4) is 0 Å². The Hall–Kier alpha value is -1.32. The summed E-state index contributed by atoms with van der Waals surface area (Å²) in [4.78, 5) is 10.8. The first-order chi connectivity index (χ1) is 6.05. The Morgan fingerprint density at radius 3 is 2.77 bits per heavy atom. The Balaban J connectivity index is 2.25. The van der Waals surface area contributed by atoms with Crippen molar-refractivity contribution in [2.45, 2.75) is 19.8 Å². The summed E-state index contributed by atoms with van der Waals surface area (Å²) < 4.78 is 0. The van der Waals surface area contributed by atoms with E-state index >= 15 is 0 Å². The van der Waals surface area contributed by atoms with Gasteiger partial charge in [0.05, 0.1) is 5.92 Å². The van der Waals surface area contributed by atoms with E-state index in [0.29, 0.717) is 0 Å². The van der Waals surface area contributed by atoms with Crippen LogP contribution in [-0.4, -0.2) is 21.3 Å². The Kier molecular flexibility index (Phi) is 1.49. The lowest BCUT2D eigenvalue weighted by atomic mass is 10.1. The van der Waals surface area contributed by atoms with Crippen LogP contribution in [-0.2, 0) is 4.79 Å². The summed E-state index contributed by atoms with van der Waals surface area (Å²) in [7, 11) is 0. The van der Waals surface area contributed by atoms with Gasteiger partial charge in [-0.2, -0.15) is 5.10 Å². The highest BCUT2D eigenvalue weighted by Crippen LogP contribution is 2.63. The van der Waals surface area contributed by atoms with Gasteiger partial charge in [-0.25, -0.2) is 0 Å². The number of H-pyrrole nitrogens is 1. The van der Waals surface area contributed by atoms with Crippen molar-refractivity contribution in [3.63, 3.8) is 0 Å². The summed E-state index contributed by atoms with van der Waals surface area (Å²) in [6, 6.07) is 1.84. The van der Waals surface area contributed by atoms with Gasteiger partial charge in [-0.3, -0.25) is 9.89 Å². The standard InChI is InChI=1S/C9H12N2O2/c1-9(2)6(7(9)8(12)13)5-3-4-10-11-5/h3-4,6-7H,1-2H3,(H,10,11)(H,12,13). The van der Waals surface area contributed by atoms with Gasteiger partial charge in [0, 0.05) is 17.8 Å². The minimum atomic E-state index is -0.718. The minimum Gasteiger partial charge on any atom is -0.481 e. The largest absolute Gasteiger partial charge is 0.481 e. The highest BCUT2D eigenvalue weighted by molar-refractivity contribution is 5.77. The van der Waals surface area contributed by atoms with Crippen molar-refractivity contribution in [3.05, 3.63) is 18.0 Å². The second kappa shape index (κ2) is 2.34. The second-order valence-electron chi connectivity index (χ2n) is 4.13. The van der Waals surface area contributed by atoms with Gasteiger partial charge in [-0.15, -0.1) is 0 Å². The summed E-state index contributed by atoms with van der Waals surface area (Å²) in [5.74, 6) is -0.898. The van der Waals surface area contributed by atoms with Crippen molar-refractivity contribution in [2.24, 2.45) is 11.3 Å². The minimum absolute atomic E-state index is 0.0903. The fraction of sp³-hybridized carbons (Fsp3) is 0.556. The molecule has 0 aliphatic heterocycles. The van der Waals surface area contributed by atoms with Gasteiger partial charge >= 0.3 is 5.97 Å². The van der Waals surface area contributed by atoms with E-state index in [2.05, 4.69) is 10.2 Å². The quantitative estimate of drug-likeness (QED) is 0.719. The zero-order valence-electron chi connectivity index (χ0n) is 7.61. The predicted octanol–water partition coefficient (Wildman–Crippen LogP) is 1.23. The Morgan fingerprint density at radius 2 is 2.38 bits per heavy atom. The number of rotatable bonds is 2. The number of carbonyl (C=O) groups is 1. The molecule has 2 N–H and O–H groups in total. The number of nitrogens with one attached hydrogen (secondary N) is 1. The van der Waals surface area contributed by atoms with E-state index in [1.807, 2.05) is 19.9 Å². The molecular formula is C9H12N2O2. The van der Waals surface area contributed by atoms with Gasteiger partial charge in [-0.1, -0.05) is 13.8 Å². The number of nitrogens with zero attached hydrogens (tertiary/aromatic N) is 1. The molecule has 1 aromatic heterocycles. The van der Waals surface area contributed by atoms with E-state index < -0.39 is 5.97 Å². The lowest BCUT2D eigenvalue weighted by Crippen LogP contribution is -2.03. The molecule has 70 valence electrons. The van der Waals surface area contributed by atoms with E-state index in [-0.39, 0.29) is 17.3 Å². The van der Waals surface area contributed by atoms with Crippen LogP contribution in [0, 0.1) is 11.3 Å². The van der Waals surface area contributed by atoms with Crippen LogP contribution in [0.1, 0.15) is 25.5 Å². The average Bonchev–Trinajstić information content (AvgIpc) is 2.50. The summed E-state index contributed by atoms with van der Waals surface area (Å²) in [5, 5.41) is 15.6. The molecule has 1 fully saturated rings. The molecular weight excluding hydrogens is 168 g/mol.